The molecule has 5 N–H and O–H groups in total. The van der Waals surface area contributed by atoms with Gasteiger partial charge in [-0.15, -0.1) is 11.8 Å². The minimum absolute atomic E-state index is 0.316. The molecule has 13 heavy (non-hydrogen) atoms. The third kappa shape index (κ3) is 2.07. The first-order chi connectivity index (χ1) is 6.06. The van der Waals surface area contributed by atoms with E-state index in [9.17, 15) is 0 Å². The molecular formula is C7H15N5S. The molecule has 0 aromatic heterocycles. The van der Waals surface area contributed by atoms with Gasteiger partial charge in [-0.25, -0.2) is 16.0 Å². The molecule has 0 aliphatic carbocycles. The lowest BCUT2D eigenvalue weighted by molar-refractivity contribution is 0.274. The van der Waals surface area contributed by atoms with E-state index < -0.39 is 0 Å². The molecule has 0 aromatic carbocycles. The number of guanidine groups is 1. The fraction of sp³-hybridized carbons (Fsp3) is 0.571. The van der Waals surface area contributed by atoms with Gasteiger partial charge in [0.2, 0.25) is 5.96 Å². The summed E-state index contributed by atoms with van der Waals surface area (Å²) in [7, 11) is 0. The average Bonchev–Trinajstić information content (AvgIpc) is 2.01. The van der Waals surface area contributed by atoms with E-state index in [4.69, 9.17) is 11.6 Å². The Kier molecular flexibility index (Phi) is 3.05. The molecule has 1 aliphatic rings. The van der Waals surface area contributed by atoms with Crippen molar-refractivity contribution in [1.29, 1.82) is 0 Å². The van der Waals surface area contributed by atoms with Gasteiger partial charge in [0, 0.05) is 0 Å². The number of hydrogen-bond acceptors (Lipinski definition) is 6. The Morgan fingerprint density at radius 3 is 2.62 bits per heavy atom. The molecule has 0 aromatic rings. The quantitative estimate of drug-likeness (QED) is 0.555. The van der Waals surface area contributed by atoms with Crippen molar-refractivity contribution in [3.8, 4) is 0 Å². The van der Waals surface area contributed by atoms with Gasteiger partial charge in [-0.2, -0.15) is 0 Å². The molecule has 1 heterocycles. The van der Waals surface area contributed by atoms with Crippen LogP contribution < -0.4 is 17.0 Å². The number of allylic oxidation sites excluding steroid dienone is 1. The maximum absolute atomic E-state index is 5.73. The Morgan fingerprint density at radius 2 is 2.15 bits per heavy atom. The second-order valence-electron chi connectivity index (χ2n) is 3.03. The highest BCUT2D eigenvalue weighted by Crippen LogP contribution is 2.26. The number of hydrazine groups is 2. The lowest BCUT2D eigenvalue weighted by Gasteiger charge is -2.29. The minimum atomic E-state index is 0.316. The highest BCUT2D eigenvalue weighted by atomic mass is 32.2. The van der Waals surface area contributed by atoms with Crippen molar-refractivity contribution < 1.29 is 0 Å². The van der Waals surface area contributed by atoms with Crippen LogP contribution in [0.25, 0.3) is 0 Å². The first kappa shape index (κ1) is 10.2. The van der Waals surface area contributed by atoms with Gasteiger partial charge >= 0.3 is 0 Å². The maximum atomic E-state index is 5.73. The molecule has 6 heteroatoms. The number of hydrogen-bond donors (Lipinski definition) is 3. The van der Waals surface area contributed by atoms with Crippen LogP contribution in [0.5, 0.6) is 0 Å². The molecule has 0 bridgehead atoms. The monoisotopic (exact) mass is 201 g/mol. The van der Waals surface area contributed by atoms with Crippen LogP contribution in [0.1, 0.15) is 13.8 Å². The Balaban J connectivity index is 3.05. The summed E-state index contributed by atoms with van der Waals surface area (Å²) in [6.45, 7) is 4.12. The van der Waals surface area contributed by atoms with E-state index >= 15 is 0 Å². The SMILES string of the molecule is CSC1=C(C(C)C)N(N)NC(N)=N1. The summed E-state index contributed by atoms with van der Waals surface area (Å²) >= 11 is 1.54. The summed E-state index contributed by atoms with van der Waals surface area (Å²) < 4.78 is 0. The van der Waals surface area contributed by atoms with E-state index in [1.165, 1.54) is 5.12 Å². The number of rotatable bonds is 2. The lowest BCUT2D eigenvalue weighted by atomic mass is 10.1. The average molecular weight is 201 g/mol. The summed E-state index contributed by atoms with van der Waals surface area (Å²) in [5.74, 6) is 6.37. The van der Waals surface area contributed by atoms with Gasteiger partial charge in [-0.3, -0.25) is 5.43 Å². The zero-order chi connectivity index (χ0) is 10.0. The summed E-state index contributed by atoms with van der Waals surface area (Å²) in [5.41, 5.74) is 9.23. The number of nitrogens with zero attached hydrogens (tertiary/aromatic N) is 2. The number of nitrogens with one attached hydrogen (secondary N) is 1. The third-order valence-electron chi connectivity index (χ3n) is 1.68. The van der Waals surface area contributed by atoms with Crippen LogP contribution in [0.15, 0.2) is 15.7 Å². The van der Waals surface area contributed by atoms with Crippen molar-refractivity contribution in [1.82, 2.24) is 10.5 Å². The molecule has 0 fully saturated rings. The van der Waals surface area contributed by atoms with Crippen molar-refractivity contribution in [3.63, 3.8) is 0 Å². The summed E-state index contributed by atoms with van der Waals surface area (Å²) in [5, 5.41) is 2.30. The van der Waals surface area contributed by atoms with Gasteiger partial charge in [-0.1, -0.05) is 13.8 Å². The molecule has 0 radical (unpaired) electrons. The van der Waals surface area contributed by atoms with Crippen molar-refractivity contribution in [2.24, 2.45) is 22.5 Å². The molecule has 0 saturated carbocycles. The van der Waals surface area contributed by atoms with Crippen molar-refractivity contribution >= 4 is 17.7 Å². The Labute approximate surface area is 82.2 Å². The summed E-state index contributed by atoms with van der Waals surface area (Å²) in [4.78, 5) is 4.16. The first-order valence-corrected chi connectivity index (χ1v) is 5.22. The van der Waals surface area contributed by atoms with Gasteiger partial charge in [0.1, 0.15) is 5.03 Å². The molecule has 0 unspecified atom stereocenters. The van der Waals surface area contributed by atoms with E-state index in [1.54, 1.807) is 11.8 Å². The van der Waals surface area contributed by atoms with Crippen molar-refractivity contribution in [2.75, 3.05) is 6.26 Å². The summed E-state index contributed by atoms with van der Waals surface area (Å²) in [6, 6.07) is 0. The van der Waals surface area contributed by atoms with Crippen LogP contribution in [0, 0.1) is 5.92 Å². The smallest absolute Gasteiger partial charge is 0.214 e. The maximum Gasteiger partial charge on any atom is 0.214 e. The van der Waals surface area contributed by atoms with Crippen molar-refractivity contribution in [2.45, 2.75) is 13.8 Å². The molecule has 0 saturated heterocycles. The van der Waals surface area contributed by atoms with Gasteiger partial charge in [0.15, 0.2) is 0 Å². The minimum Gasteiger partial charge on any atom is -0.368 e. The fourth-order valence-corrected chi connectivity index (χ4v) is 1.89. The van der Waals surface area contributed by atoms with Crippen LogP contribution in [-0.2, 0) is 0 Å². The molecule has 0 spiro atoms. The largest absolute Gasteiger partial charge is 0.368 e. The van der Waals surface area contributed by atoms with E-state index in [1.807, 2.05) is 6.26 Å². The third-order valence-corrected chi connectivity index (χ3v) is 2.36. The Hall–Kier alpha value is -0.880. The predicted octanol–water partition coefficient (Wildman–Crippen LogP) is 0.183. The van der Waals surface area contributed by atoms with Gasteiger partial charge < -0.3 is 5.73 Å². The highest BCUT2D eigenvalue weighted by Gasteiger charge is 2.20. The van der Waals surface area contributed by atoms with E-state index in [2.05, 4.69) is 24.3 Å². The van der Waals surface area contributed by atoms with Gasteiger partial charge in [0.25, 0.3) is 0 Å². The predicted molar refractivity (Wildman–Crippen MR) is 56.2 cm³/mol. The molecule has 74 valence electrons. The number of nitrogens with two attached hydrogens (primary N) is 2. The normalized spacial score (nSPS) is 17.6. The molecule has 5 nitrogen and oxygen atoms in total. The zero-order valence-corrected chi connectivity index (χ0v) is 8.85. The van der Waals surface area contributed by atoms with Crippen LogP contribution in [-0.4, -0.2) is 17.3 Å². The van der Waals surface area contributed by atoms with Crippen LogP contribution in [0.4, 0.5) is 0 Å². The van der Waals surface area contributed by atoms with Crippen molar-refractivity contribution in [3.05, 3.63) is 10.7 Å². The Morgan fingerprint density at radius 1 is 1.54 bits per heavy atom. The second-order valence-corrected chi connectivity index (χ2v) is 3.82. The highest BCUT2D eigenvalue weighted by molar-refractivity contribution is 8.02. The lowest BCUT2D eigenvalue weighted by Crippen LogP contribution is -2.52. The van der Waals surface area contributed by atoms with E-state index in [-0.39, 0.29) is 0 Å². The second kappa shape index (κ2) is 3.89. The van der Waals surface area contributed by atoms with Gasteiger partial charge in [-0.05, 0) is 12.2 Å². The first-order valence-electron chi connectivity index (χ1n) is 4.00. The van der Waals surface area contributed by atoms with Crippen LogP contribution in [0.2, 0.25) is 0 Å². The molecule has 0 amide bonds. The van der Waals surface area contributed by atoms with Crippen LogP contribution in [0.3, 0.4) is 0 Å². The molecule has 0 atom stereocenters. The zero-order valence-electron chi connectivity index (χ0n) is 8.03. The standard InChI is InChI=1S/C7H15N5S/c1-4(2)5-6(13-3)10-7(8)11-12(5)9/h4H,9H2,1-3H3,(H3,8,10,11). The Bertz CT molecular complexity index is 258. The van der Waals surface area contributed by atoms with Gasteiger partial charge in [0.05, 0.1) is 5.70 Å². The number of thioether (sulfide) groups is 1. The molecule has 1 rings (SSSR count). The fourth-order valence-electron chi connectivity index (χ4n) is 1.15. The van der Waals surface area contributed by atoms with E-state index in [0.29, 0.717) is 11.9 Å². The van der Waals surface area contributed by atoms with E-state index in [0.717, 1.165) is 10.7 Å². The topological polar surface area (TPSA) is 79.7 Å². The molecule has 1 aliphatic heterocycles. The number of aliphatic imine (C=N–C) groups is 1. The van der Waals surface area contributed by atoms with Crippen LogP contribution >= 0.6 is 11.8 Å². The summed E-state index contributed by atoms with van der Waals surface area (Å²) in [6.07, 6.45) is 1.95. The molecular weight excluding hydrogens is 186 g/mol.